The predicted octanol–water partition coefficient (Wildman–Crippen LogP) is 0.893. The van der Waals surface area contributed by atoms with Crippen molar-refractivity contribution in [1.29, 1.82) is 5.26 Å². The molecular weight excluding hydrogens is 368 g/mol. The zero-order valence-electron chi connectivity index (χ0n) is 14.3. The molecule has 9 heteroatoms. The van der Waals surface area contributed by atoms with Gasteiger partial charge in [0.2, 0.25) is 21.8 Å². The molecule has 2 aromatic carbocycles. The van der Waals surface area contributed by atoms with Crippen LogP contribution in [0.25, 0.3) is 0 Å². The van der Waals surface area contributed by atoms with E-state index in [9.17, 15) is 18.0 Å². The van der Waals surface area contributed by atoms with Crippen molar-refractivity contribution in [3.63, 3.8) is 0 Å². The maximum Gasteiger partial charge on any atom is 0.238 e. The molecule has 0 aliphatic heterocycles. The van der Waals surface area contributed by atoms with Gasteiger partial charge in [-0.25, -0.2) is 13.6 Å². The monoisotopic (exact) mass is 386 g/mol. The first-order valence-corrected chi connectivity index (χ1v) is 9.51. The lowest BCUT2D eigenvalue weighted by Gasteiger charge is -2.07. The normalized spacial score (nSPS) is 10.7. The van der Waals surface area contributed by atoms with E-state index in [4.69, 9.17) is 10.4 Å². The van der Waals surface area contributed by atoms with Gasteiger partial charge in [-0.1, -0.05) is 18.2 Å². The van der Waals surface area contributed by atoms with Gasteiger partial charge in [0, 0.05) is 12.2 Å². The minimum absolute atomic E-state index is 0.0208. The Hall–Kier alpha value is -3.22. The Morgan fingerprint density at radius 3 is 2.41 bits per heavy atom. The molecule has 2 aromatic rings. The summed E-state index contributed by atoms with van der Waals surface area (Å²) >= 11 is 0. The first-order chi connectivity index (χ1) is 12.8. The van der Waals surface area contributed by atoms with E-state index in [0.29, 0.717) is 24.2 Å². The standard InChI is InChI=1S/C18H18N4O4S/c19-12-14-2-1-3-15(10-14)22-18(24)11-17(23)21-9-8-13-4-6-16(7-5-13)27(20,25)26/h1-7,10H,8-9,11H2,(H,21,23)(H,22,24)(H2,20,25,26). The van der Waals surface area contributed by atoms with Crippen molar-refractivity contribution in [3.8, 4) is 6.07 Å². The van der Waals surface area contributed by atoms with E-state index in [2.05, 4.69) is 10.6 Å². The average Bonchev–Trinajstić information content (AvgIpc) is 2.61. The molecule has 0 bridgehead atoms. The molecule has 0 aliphatic carbocycles. The zero-order chi connectivity index (χ0) is 19.9. The van der Waals surface area contributed by atoms with Crippen molar-refractivity contribution in [2.24, 2.45) is 5.14 Å². The summed E-state index contributed by atoms with van der Waals surface area (Å²) in [6.45, 7) is 0.296. The molecule has 0 atom stereocenters. The van der Waals surface area contributed by atoms with Gasteiger partial charge in [0.1, 0.15) is 6.42 Å². The molecule has 0 spiro atoms. The van der Waals surface area contributed by atoms with Crippen LogP contribution in [0.3, 0.4) is 0 Å². The molecule has 8 nitrogen and oxygen atoms in total. The van der Waals surface area contributed by atoms with Crippen LogP contribution in [0.15, 0.2) is 53.4 Å². The quantitative estimate of drug-likeness (QED) is 0.606. The molecule has 0 heterocycles. The molecule has 0 radical (unpaired) electrons. The molecule has 0 aliphatic rings. The molecule has 2 amide bonds. The van der Waals surface area contributed by atoms with E-state index in [1.165, 1.54) is 18.2 Å². The van der Waals surface area contributed by atoms with Crippen LogP contribution in [0.2, 0.25) is 0 Å². The molecule has 140 valence electrons. The Bertz CT molecular complexity index is 979. The highest BCUT2D eigenvalue weighted by Crippen LogP contribution is 2.10. The number of carbonyl (C=O) groups excluding carboxylic acids is 2. The van der Waals surface area contributed by atoms with Gasteiger partial charge in [-0.2, -0.15) is 5.26 Å². The highest BCUT2D eigenvalue weighted by molar-refractivity contribution is 7.89. The van der Waals surface area contributed by atoms with E-state index in [1.807, 2.05) is 6.07 Å². The minimum Gasteiger partial charge on any atom is -0.355 e. The molecule has 0 saturated carbocycles. The molecule has 2 rings (SSSR count). The number of carbonyl (C=O) groups is 2. The number of primary sulfonamides is 1. The second kappa shape index (κ2) is 8.93. The van der Waals surface area contributed by atoms with Gasteiger partial charge >= 0.3 is 0 Å². The van der Waals surface area contributed by atoms with Crippen molar-refractivity contribution in [3.05, 3.63) is 59.7 Å². The van der Waals surface area contributed by atoms with Gasteiger partial charge < -0.3 is 10.6 Å². The molecule has 0 fully saturated rings. The molecule has 27 heavy (non-hydrogen) atoms. The molecule has 4 N–H and O–H groups in total. The third-order valence-electron chi connectivity index (χ3n) is 3.58. The number of benzene rings is 2. The van der Waals surface area contributed by atoms with Crippen molar-refractivity contribution >= 4 is 27.5 Å². The number of nitrogens with zero attached hydrogens (tertiary/aromatic N) is 1. The van der Waals surface area contributed by atoms with Crippen LogP contribution in [0.5, 0.6) is 0 Å². The smallest absolute Gasteiger partial charge is 0.238 e. The Morgan fingerprint density at radius 1 is 1.07 bits per heavy atom. The Morgan fingerprint density at radius 2 is 1.78 bits per heavy atom. The number of hydrogen-bond acceptors (Lipinski definition) is 5. The van der Waals surface area contributed by atoms with E-state index in [-0.39, 0.29) is 11.3 Å². The van der Waals surface area contributed by atoms with Gasteiger partial charge in [0.25, 0.3) is 0 Å². The molecule has 0 aromatic heterocycles. The SMILES string of the molecule is N#Cc1cccc(NC(=O)CC(=O)NCCc2ccc(S(N)(=O)=O)cc2)c1. The second-order valence-electron chi connectivity index (χ2n) is 5.71. The average molecular weight is 386 g/mol. The Kier molecular flexibility index (Phi) is 6.65. The first kappa shape index (κ1) is 20.1. The highest BCUT2D eigenvalue weighted by Gasteiger charge is 2.10. The third kappa shape index (κ3) is 6.54. The number of nitrogens with two attached hydrogens (primary N) is 1. The Labute approximate surface area is 157 Å². The van der Waals surface area contributed by atoms with Crippen LogP contribution >= 0.6 is 0 Å². The van der Waals surface area contributed by atoms with Crippen LogP contribution in [0.1, 0.15) is 17.5 Å². The lowest BCUT2D eigenvalue weighted by Crippen LogP contribution is -2.29. The Balaban J connectivity index is 1.77. The number of amides is 2. The predicted molar refractivity (Wildman–Crippen MR) is 98.9 cm³/mol. The lowest BCUT2D eigenvalue weighted by molar-refractivity contribution is -0.126. The van der Waals surface area contributed by atoms with Gasteiger partial charge in [0.15, 0.2) is 0 Å². The fourth-order valence-electron chi connectivity index (χ4n) is 2.27. The number of rotatable bonds is 7. The lowest BCUT2D eigenvalue weighted by atomic mass is 10.1. The van der Waals surface area contributed by atoms with Crippen LogP contribution in [0.4, 0.5) is 5.69 Å². The number of nitrogens with one attached hydrogen (secondary N) is 2. The molecule has 0 saturated heterocycles. The maximum atomic E-state index is 11.9. The van der Waals surface area contributed by atoms with Crippen LogP contribution in [-0.4, -0.2) is 26.8 Å². The fraction of sp³-hybridized carbons (Fsp3) is 0.167. The summed E-state index contributed by atoms with van der Waals surface area (Å²) < 4.78 is 22.4. The number of nitriles is 1. The van der Waals surface area contributed by atoms with Crippen LogP contribution in [-0.2, 0) is 26.0 Å². The van der Waals surface area contributed by atoms with Crippen molar-refractivity contribution < 1.29 is 18.0 Å². The van der Waals surface area contributed by atoms with Crippen molar-refractivity contribution in [1.82, 2.24) is 5.32 Å². The summed E-state index contributed by atoms with van der Waals surface area (Å²) in [7, 11) is -3.73. The van der Waals surface area contributed by atoms with E-state index < -0.39 is 21.8 Å². The van der Waals surface area contributed by atoms with E-state index >= 15 is 0 Å². The van der Waals surface area contributed by atoms with E-state index in [0.717, 1.165) is 5.56 Å². The first-order valence-electron chi connectivity index (χ1n) is 7.96. The van der Waals surface area contributed by atoms with Gasteiger partial charge in [-0.05, 0) is 42.3 Å². The largest absolute Gasteiger partial charge is 0.355 e. The number of anilines is 1. The summed E-state index contributed by atoms with van der Waals surface area (Å²) in [5.41, 5.74) is 1.67. The zero-order valence-corrected chi connectivity index (χ0v) is 15.1. The van der Waals surface area contributed by atoms with Crippen LogP contribution in [0, 0.1) is 11.3 Å². The second-order valence-corrected chi connectivity index (χ2v) is 7.27. The van der Waals surface area contributed by atoms with Crippen molar-refractivity contribution in [2.45, 2.75) is 17.7 Å². The number of sulfonamides is 1. The van der Waals surface area contributed by atoms with Gasteiger partial charge in [0.05, 0.1) is 16.5 Å². The summed E-state index contributed by atoms with van der Waals surface area (Å²) in [4.78, 5) is 23.7. The minimum atomic E-state index is -3.73. The molecular formula is C18H18N4O4S. The summed E-state index contributed by atoms with van der Waals surface area (Å²) in [5, 5.41) is 19.0. The van der Waals surface area contributed by atoms with Gasteiger partial charge in [-0.3, -0.25) is 9.59 Å². The summed E-state index contributed by atoms with van der Waals surface area (Å²) in [6.07, 6.45) is 0.129. The fourth-order valence-corrected chi connectivity index (χ4v) is 2.79. The maximum absolute atomic E-state index is 11.9. The topological polar surface area (TPSA) is 142 Å². The van der Waals surface area contributed by atoms with E-state index in [1.54, 1.807) is 30.3 Å². The van der Waals surface area contributed by atoms with Crippen molar-refractivity contribution in [2.75, 3.05) is 11.9 Å². The number of hydrogen-bond donors (Lipinski definition) is 3. The molecule has 0 unspecified atom stereocenters. The summed E-state index contributed by atoms with van der Waals surface area (Å²) in [6, 6.07) is 14.4. The summed E-state index contributed by atoms with van der Waals surface area (Å²) in [5.74, 6) is -0.926. The highest BCUT2D eigenvalue weighted by atomic mass is 32.2. The third-order valence-corrected chi connectivity index (χ3v) is 4.51. The van der Waals surface area contributed by atoms with Crippen LogP contribution < -0.4 is 15.8 Å². The van der Waals surface area contributed by atoms with Gasteiger partial charge in [-0.15, -0.1) is 0 Å².